The maximum atomic E-state index is 12.9. The number of ether oxygens (including phenoxy) is 1. The summed E-state index contributed by atoms with van der Waals surface area (Å²) in [6.07, 6.45) is 0. The summed E-state index contributed by atoms with van der Waals surface area (Å²) >= 11 is 10.3. The number of hydrogen-bond acceptors (Lipinski definition) is 1. The Bertz CT molecular complexity index is 325. The maximum absolute atomic E-state index is 12.9. The quantitative estimate of drug-likeness (QED) is 0.531. The van der Waals surface area contributed by atoms with E-state index in [9.17, 15) is 13.2 Å². The lowest BCUT2D eigenvalue weighted by molar-refractivity contribution is 0.356. The topological polar surface area (TPSA) is 9.23 Å². The molecule has 72 valence electrons. The standard InChI is InChI=1S/C7H3Cl2F3O/c1-13-7-5(11)2(8)4(10)3(9)6(7)12/h1H3. The first-order valence-electron chi connectivity index (χ1n) is 3.06. The van der Waals surface area contributed by atoms with Crippen LogP contribution in [0.5, 0.6) is 5.75 Å². The third-order valence-corrected chi connectivity index (χ3v) is 2.04. The average Bonchev–Trinajstić information content (AvgIpc) is 2.13. The molecule has 0 N–H and O–H groups in total. The molecule has 0 aliphatic heterocycles. The number of methoxy groups -OCH3 is 1. The van der Waals surface area contributed by atoms with Gasteiger partial charge in [-0.1, -0.05) is 23.2 Å². The average molecular weight is 231 g/mol. The summed E-state index contributed by atoms with van der Waals surface area (Å²) in [6.45, 7) is 0. The Morgan fingerprint density at radius 2 is 1.31 bits per heavy atom. The van der Waals surface area contributed by atoms with Crippen molar-refractivity contribution in [1.29, 1.82) is 0 Å². The molecule has 1 aromatic carbocycles. The zero-order chi connectivity index (χ0) is 10.2. The summed E-state index contributed by atoms with van der Waals surface area (Å²) in [7, 11) is 1.02. The predicted molar refractivity (Wildman–Crippen MR) is 42.9 cm³/mol. The summed E-state index contributed by atoms with van der Waals surface area (Å²) in [6, 6.07) is 0. The van der Waals surface area contributed by atoms with E-state index in [1.54, 1.807) is 0 Å². The van der Waals surface area contributed by atoms with Crippen molar-refractivity contribution in [2.24, 2.45) is 0 Å². The lowest BCUT2D eigenvalue weighted by atomic mass is 10.3. The van der Waals surface area contributed by atoms with E-state index >= 15 is 0 Å². The van der Waals surface area contributed by atoms with Crippen molar-refractivity contribution in [3.8, 4) is 5.75 Å². The second-order valence-corrected chi connectivity index (χ2v) is 2.86. The van der Waals surface area contributed by atoms with Crippen LogP contribution in [0.3, 0.4) is 0 Å². The first-order valence-corrected chi connectivity index (χ1v) is 3.81. The summed E-state index contributed by atoms with van der Waals surface area (Å²) in [5, 5.41) is -1.77. The Labute approximate surface area is 82.0 Å². The van der Waals surface area contributed by atoms with Gasteiger partial charge in [0.15, 0.2) is 23.2 Å². The molecule has 1 nitrogen and oxygen atoms in total. The molecule has 13 heavy (non-hydrogen) atoms. The molecule has 0 aliphatic carbocycles. The fourth-order valence-electron chi connectivity index (χ4n) is 0.764. The van der Waals surface area contributed by atoms with Gasteiger partial charge in [0.25, 0.3) is 0 Å². The Kier molecular flexibility index (Phi) is 2.93. The van der Waals surface area contributed by atoms with E-state index in [-0.39, 0.29) is 0 Å². The minimum Gasteiger partial charge on any atom is -0.491 e. The first-order chi connectivity index (χ1) is 6.00. The van der Waals surface area contributed by atoms with E-state index in [0.717, 1.165) is 7.11 Å². The van der Waals surface area contributed by atoms with Gasteiger partial charge in [0.2, 0.25) is 0 Å². The molecular formula is C7H3Cl2F3O. The molecule has 0 fully saturated rings. The van der Waals surface area contributed by atoms with Crippen LogP contribution in [0.2, 0.25) is 10.0 Å². The Morgan fingerprint density at radius 3 is 1.62 bits per heavy atom. The van der Waals surface area contributed by atoms with Crippen molar-refractivity contribution >= 4 is 23.2 Å². The van der Waals surface area contributed by atoms with E-state index in [2.05, 4.69) is 4.74 Å². The van der Waals surface area contributed by atoms with Crippen molar-refractivity contribution in [2.75, 3.05) is 7.11 Å². The molecule has 0 aliphatic rings. The smallest absolute Gasteiger partial charge is 0.193 e. The SMILES string of the molecule is COc1c(F)c(Cl)c(F)c(Cl)c1F. The molecule has 0 radical (unpaired) electrons. The zero-order valence-corrected chi connectivity index (χ0v) is 7.81. The van der Waals surface area contributed by atoms with Gasteiger partial charge in [-0.05, 0) is 0 Å². The van der Waals surface area contributed by atoms with Gasteiger partial charge in [-0.3, -0.25) is 0 Å². The fraction of sp³-hybridized carbons (Fsp3) is 0.143. The van der Waals surface area contributed by atoms with Crippen molar-refractivity contribution in [1.82, 2.24) is 0 Å². The van der Waals surface area contributed by atoms with Gasteiger partial charge in [0.1, 0.15) is 10.0 Å². The number of halogens is 5. The Morgan fingerprint density at radius 1 is 0.923 bits per heavy atom. The highest BCUT2D eigenvalue weighted by atomic mass is 35.5. The molecule has 0 unspecified atom stereocenters. The van der Waals surface area contributed by atoms with Crippen molar-refractivity contribution in [3.63, 3.8) is 0 Å². The number of rotatable bonds is 1. The maximum Gasteiger partial charge on any atom is 0.193 e. The zero-order valence-electron chi connectivity index (χ0n) is 6.30. The van der Waals surface area contributed by atoms with Crippen LogP contribution in [0.4, 0.5) is 13.2 Å². The van der Waals surface area contributed by atoms with Crippen LogP contribution in [0.15, 0.2) is 0 Å². The van der Waals surface area contributed by atoms with Gasteiger partial charge in [-0.15, -0.1) is 0 Å². The molecule has 0 saturated carbocycles. The minimum absolute atomic E-state index is 0.795. The normalized spacial score (nSPS) is 10.3. The molecule has 6 heteroatoms. The molecule has 0 saturated heterocycles. The van der Waals surface area contributed by atoms with Crippen LogP contribution in [-0.2, 0) is 0 Å². The van der Waals surface area contributed by atoms with Gasteiger partial charge in [-0.25, -0.2) is 13.2 Å². The van der Waals surface area contributed by atoms with E-state index in [0.29, 0.717) is 0 Å². The van der Waals surface area contributed by atoms with E-state index in [4.69, 9.17) is 23.2 Å². The van der Waals surface area contributed by atoms with Crippen LogP contribution in [0, 0.1) is 17.5 Å². The number of hydrogen-bond donors (Lipinski definition) is 0. The molecule has 1 rings (SSSR count). The molecule has 0 heterocycles. The van der Waals surface area contributed by atoms with Gasteiger partial charge in [0.05, 0.1) is 7.11 Å². The molecular weight excluding hydrogens is 228 g/mol. The number of benzene rings is 1. The lowest BCUT2D eigenvalue weighted by Crippen LogP contribution is -1.97. The van der Waals surface area contributed by atoms with Crippen molar-refractivity contribution in [3.05, 3.63) is 27.5 Å². The largest absolute Gasteiger partial charge is 0.491 e. The molecule has 0 bridgehead atoms. The van der Waals surface area contributed by atoms with E-state index in [1.165, 1.54) is 0 Å². The van der Waals surface area contributed by atoms with Crippen LogP contribution < -0.4 is 4.74 Å². The summed E-state index contributed by atoms with van der Waals surface area (Å²) < 4.78 is 42.9. The summed E-state index contributed by atoms with van der Waals surface area (Å²) in [5.41, 5.74) is 0. The van der Waals surface area contributed by atoms with Gasteiger partial charge >= 0.3 is 0 Å². The first kappa shape index (κ1) is 10.5. The predicted octanol–water partition coefficient (Wildman–Crippen LogP) is 3.42. The fourth-order valence-corrected chi connectivity index (χ4v) is 1.17. The van der Waals surface area contributed by atoms with Gasteiger partial charge in [0, 0.05) is 0 Å². The Balaban J connectivity index is 3.56. The van der Waals surface area contributed by atoms with Crippen LogP contribution in [0.1, 0.15) is 0 Å². The van der Waals surface area contributed by atoms with Crippen LogP contribution >= 0.6 is 23.2 Å². The van der Waals surface area contributed by atoms with Gasteiger partial charge in [-0.2, -0.15) is 0 Å². The highest BCUT2D eigenvalue weighted by molar-refractivity contribution is 6.35. The third kappa shape index (κ3) is 1.56. The second-order valence-electron chi connectivity index (χ2n) is 2.10. The van der Waals surface area contributed by atoms with Crippen LogP contribution in [-0.4, -0.2) is 7.11 Å². The molecule has 0 amide bonds. The summed E-state index contributed by atoms with van der Waals surface area (Å²) in [5.74, 6) is -4.73. The van der Waals surface area contributed by atoms with Crippen molar-refractivity contribution in [2.45, 2.75) is 0 Å². The Hall–Kier alpha value is -0.610. The third-order valence-electron chi connectivity index (χ3n) is 1.37. The van der Waals surface area contributed by atoms with Crippen molar-refractivity contribution < 1.29 is 17.9 Å². The highest BCUT2D eigenvalue weighted by Crippen LogP contribution is 2.36. The van der Waals surface area contributed by atoms with Gasteiger partial charge < -0.3 is 4.74 Å². The van der Waals surface area contributed by atoms with E-state index in [1.807, 2.05) is 0 Å². The summed E-state index contributed by atoms with van der Waals surface area (Å²) in [4.78, 5) is 0. The molecule has 0 spiro atoms. The molecule has 1 aromatic rings. The lowest BCUT2D eigenvalue weighted by Gasteiger charge is -2.07. The molecule has 0 atom stereocenters. The molecule has 0 aromatic heterocycles. The second kappa shape index (κ2) is 3.64. The van der Waals surface area contributed by atoms with Crippen LogP contribution in [0.25, 0.3) is 0 Å². The monoisotopic (exact) mass is 230 g/mol. The highest BCUT2D eigenvalue weighted by Gasteiger charge is 2.23. The van der Waals surface area contributed by atoms with E-state index < -0.39 is 33.2 Å². The minimum atomic E-state index is -1.33.